The molecular formula is C14H15BrN2O2. The van der Waals surface area contributed by atoms with Crippen LogP contribution in [0, 0.1) is 0 Å². The smallest absolute Gasteiger partial charge is 0.306 e. The molecule has 0 fully saturated rings. The van der Waals surface area contributed by atoms with E-state index in [0.717, 1.165) is 40.3 Å². The lowest BCUT2D eigenvalue weighted by Gasteiger charge is -2.11. The lowest BCUT2D eigenvalue weighted by Crippen LogP contribution is -2.09. The predicted molar refractivity (Wildman–Crippen MR) is 75.9 cm³/mol. The van der Waals surface area contributed by atoms with Crippen molar-refractivity contribution >= 4 is 32.8 Å². The van der Waals surface area contributed by atoms with Crippen LogP contribution in [0.25, 0.3) is 10.9 Å². The summed E-state index contributed by atoms with van der Waals surface area (Å²) in [5, 5.41) is 1.12. The normalized spacial score (nSPS) is 17.7. The van der Waals surface area contributed by atoms with E-state index >= 15 is 0 Å². The SMILES string of the molecule is CCCC(=O)OC1CCc2c1[nH]c1c(Br)cncc21. The van der Waals surface area contributed by atoms with Gasteiger partial charge in [0.2, 0.25) is 0 Å². The first kappa shape index (κ1) is 12.7. The van der Waals surface area contributed by atoms with E-state index in [1.54, 1.807) is 6.20 Å². The van der Waals surface area contributed by atoms with Gasteiger partial charge in [0.25, 0.3) is 0 Å². The number of ether oxygens (including phenoxy) is 1. The summed E-state index contributed by atoms with van der Waals surface area (Å²) in [6.07, 6.45) is 6.60. The van der Waals surface area contributed by atoms with E-state index in [0.29, 0.717) is 6.42 Å². The van der Waals surface area contributed by atoms with Gasteiger partial charge < -0.3 is 9.72 Å². The van der Waals surface area contributed by atoms with Gasteiger partial charge in [0.1, 0.15) is 6.10 Å². The highest BCUT2D eigenvalue weighted by atomic mass is 79.9. The van der Waals surface area contributed by atoms with Crippen molar-refractivity contribution in [2.75, 3.05) is 0 Å². The van der Waals surface area contributed by atoms with Gasteiger partial charge in [0.15, 0.2) is 0 Å². The van der Waals surface area contributed by atoms with Gasteiger partial charge in [0.05, 0.1) is 15.7 Å². The Kier molecular flexibility index (Phi) is 3.31. The number of H-pyrrole nitrogens is 1. The fourth-order valence-electron chi connectivity index (χ4n) is 2.65. The molecule has 1 atom stereocenters. The molecule has 1 unspecified atom stereocenters. The van der Waals surface area contributed by atoms with Crippen molar-refractivity contribution in [3.8, 4) is 0 Å². The maximum Gasteiger partial charge on any atom is 0.306 e. The average molecular weight is 323 g/mol. The van der Waals surface area contributed by atoms with E-state index in [4.69, 9.17) is 4.74 Å². The molecule has 1 aliphatic rings. The molecule has 0 aromatic carbocycles. The largest absolute Gasteiger partial charge is 0.456 e. The number of rotatable bonds is 3. The fourth-order valence-corrected chi connectivity index (χ4v) is 3.08. The second-order valence-electron chi connectivity index (χ2n) is 4.83. The van der Waals surface area contributed by atoms with Crippen LogP contribution in [0.2, 0.25) is 0 Å². The summed E-state index contributed by atoms with van der Waals surface area (Å²) in [5.74, 6) is -0.115. The van der Waals surface area contributed by atoms with Crippen LogP contribution in [0.15, 0.2) is 16.9 Å². The van der Waals surface area contributed by atoms with Crippen molar-refractivity contribution in [2.45, 2.75) is 38.7 Å². The lowest BCUT2D eigenvalue weighted by molar-refractivity contribution is -0.149. The number of esters is 1. The molecular weight excluding hydrogens is 308 g/mol. The molecule has 5 heteroatoms. The van der Waals surface area contributed by atoms with Gasteiger partial charge in [0, 0.05) is 24.2 Å². The summed E-state index contributed by atoms with van der Waals surface area (Å²) in [6.45, 7) is 1.98. The minimum atomic E-state index is -0.131. The van der Waals surface area contributed by atoms with Crippen LogP contribution in [0.1, 0.15) is 43.5 Å². The molecule has 0 spiro atoms. The van der Waals surface area contributed by atoms with Crippen LogP contribution in [0.3, 0.4) is 0 Å². The van der Waals surface area contributed by atoms with E-state index in [-0.39, 0.29) is 12.1 Å². The van der Waals surface area contributed by atoms with E-state index in [2.05, 4.69) is 25.9 Å². The number of hydrogen-bond acceptors (Lipinski definition) is 3. The highest BCUT2D eigenvalue weighted by molar-refractivity contribution is 9.10. The topological polar surface area (TPSA) is 55.0 Å². The summed E-state index contributed by atoms with van der Waals surface area (Å²) in [5.41, 5.74) is 3.31. The molecule has 0 radical (unpaired) electrons. The van der Waals surface area contributed by atoms with E-state index in [9.17, 15) is 4.79 Å². The van der Waals surface area contributed by atoms with Gasteiger partial charge in [-0.05, 0) is 40.8 Å². The molecule has 2 aromatic heterocycles. The quantitative estimate of drug-likeness (QED) is 0.877. The fraction of sp³-hybridized carbons (Fsp3) is 0.429. The second-order valence-corrected chi connectivity index (χ2v) is 5.68. The van der Waals surface area contributed by atoms with Gasteiger partial charge in [-0.2, -0.15) is 0 Å². The van der Waals surface area contributed by atoms with Crippen LogP contribution in [-0.2, 0) is 16.0 Å². The van der Waals surface area contributed by atoms with Crippen molar-refractivity contribution in [3.05, 3.63) is 28.1 Å². The van der Waals surface area contributed by atoms with Gasteiger partial charge in [-0.25, -0.2) is 0 Å². The molecule has 4 nitrogen and oxygen atoms in total. The molecule has 2 aromatic rings. The highest BCUT2D eigenvalue weighted by Gasteiger charge is 2.29. The molecule has 0 aliphatic heterocycles. The number of fused-ring (bicyclic) bond motifs is 3. The van der Waals surface area contributed by atoms with Gasteiger partial charge in [-0.1, -0.05) is 6.92 Å². The molecule has 3 rings (SSSR count). The first-order chi connectivity index (χ1) is 9.20. The molecule has 100 valence electrons. The second kappa shape index (κ2) is 4.96. The predicted octanol–water partition coefficient (Wildman–Crippen LogP) is 3.66. The standard InChI is InChI=1S/C14H15BrN2O2/c1-2-3-12(18)19-11-5-4-8-9-6-16-7-10(15)13(9)17-14(8)11/h6-7,11,17H,2-5H2,1H3. The Morgan fingerprint density at radius 3 is 3.21 bits per heavy atom. The number of nitrogens with zero attached hydrogens (tertiary/aromatic N) is 1. The van der Waals surface area contributed by atoms with Crippen LogP contribution >= 0.6 is 15.9 Å². The van der Waals surface area contributed by atoms with Crippen LogP contribution < -0.4 is 0 Å². The molecule has 0 saturated heterocycles. The summed E-state index contributed by atoms with van der Waals surface area (Å²) in [4.78, 5) is 19.2. The molecule has 1 aliphatic carbocycles. The molecule has 0 saturated carbocycles. The van der Waals surface area contributed by atoms with Crippen molar-refractivity contribution in [3.63, 3.8) is 0 Å². The van der Waals surface area contributed by atoms with Crippen molar-refractivity contribution < 1.29 is 9.53 Å². The maximum atomic E-state index is 11.6. The van der Waals surface area contributed by atoms with E-state index in [1.807, 2.05) is 13.1 Å². The van der Waals surface area contributed by atoms with E-state index in [1.165, 1.54) is 5.56 Å². The number of nitrogens with one attached hydrogen (secondary N) is 1. The Morgan fingerprint density at radius 2 is 2.42 bits per heavy atom. The van der Waals surface area contributed by atoms with Gasteiger partial charge >= 0.3 is 5.97 Å². The lowest BCUT2D eigenvalue weighted by atomic mass is 10.2. The Balaban J connectivity index is 1.94. The summed E-state index contributed by atoms with van der Waals surface area (Å²) in [6, 6.07) is 0. The Morgan fingerprint density at radius 1 is 1.58 bits per heavy atom. The zero-order chi connectivity index (χ0) is 13.4. The van der Waals surface area contributed by atoms with Crippen molar-refractivity contribution in [2.24, 2.45) is 0 Å². The summed E-state index contributed by atoms with van der Waals surface area (Å²) >= 11 is 3.49. The number of aromatic nitrogens is 2. The minimum Gasteiger partial charge on any atom is -0.456 e. The molecule has 0 bridgehead atoms. The highest BCUT2D eigenvalue weighted by Crippen LogP contribution is 2.39. The number of aromatic amines is 1. The van der Waals surface area contributed by atoms with Crippen LogP contribution in [-0.4, -0.2) is 15.9 Å². The third-order valence-corrected chi connectivity index (χ3v) is 4.12. The minimum absolute atomic E-state index is 0.115. The zero-order valence-electron chi connectivity index (χ0n) is 10.7. The Bertz CT molecular complexity index is 636. The first-order valence-electron chi connectivity index (χ1n) is 6.54. The average Bonchev–Trinajstić information content (AvgIpc) is 2.92. The van der Waals surface area contributed by atoms with Crippen molar-refractivity contribution in [1.29, 1.82) is 0 Å². The van der Waals surface area contributed by atoms with Gasteiger partial charge in [-0.3, -0.25) is 9.78 Å². The number of hydrogen-bond donors (Lipinski definition) is 1. The van der Waals surface area contributed by atoms with Gasteiger partial charge in [-0.15, -0.1) is 0 Å². The van der Waals surface area contributed by atoms with Crippen LogP contribution in [0.4, 0.5) is 0 Å². The first-order valence-corrected chi connectivity index (χ1v) is 7.33. The number of carbonyl (C=O) groups excluding carboxylic acids is 1. The molecule has 0 amide bonds. The number of carbonyl (C=O) groups is 1. The molecule has 2 heterocycles. The Labute approximate surface area is 119 Å². The van der Waals surface area contributed by atoms with E-state index < -0.39 is 0 Å². The zero-order valence-corrected chi connectivity index (χ0v) is 12.3. The third kappa shape index (κ3) is 2.16. The monoisotopic (exact) mass is 322 g/mol. The van der Waals surface area contributed by atoms with Crippen molar-refractivity contribution in [1.82, 2.24) is 9.97 Å². The number of aryl methyl sites for hydroxylation is 1. The summed E-state index contributed by atoms with van der Waals surface area (Å²) in [7, 11) is 0. The Hall–Kier alpha value is -1.36. The van der Waals surface area contributed by atoms with Crippen LogP contribution in [0.5, 0.6) is 0 Å². The summed E-state index contributed by atoms with van der Waals surface area (Å²) < 4.78 is 6.48. The third-order valence-electron chi connectivity index (χ3n) is 3.52. The molecule has 1 N–H and O–H groups in total. The molecule has 19 heavy (non-hydrogen) atoms. The number of pyridine rings is 1. The number of halogens is 1. The maximum absolute atomic E-state index is 11.6.